The number of amides is 2. The topological polar surface area (TPSA) is 151 Å². The number of rotatable bonds is 9. The number of sulfone groups is 1. The Balaban J connectivity index is 1.56. The molecule has 2 amide bonds. The van der Waals surface area contributed by atoms with Crippen molar-refractivity contribution < 1.29 is 28.2 Å². The van der Waals surface area contributed by atoms with E-state index in [9.17, 15) is 28.2 Å². The van der Waals surface area contributed by atoms with Crippen molar-refractivity contribution in [3.8, 4) is 0 Å². The van der Waals surface area contributed by atoms with Crippen LogP contribution in [0.4, 0.5) is 0 Å². The molecule has 1 aromatic carbocycles. The Hall–Kier alpha value is -2.47. The van der Waals surface area contributed by atoms with Gasteiger partial charge in [-0.15, -0.1) is 0 Å². The molecule has 196 valence electrons. The monoisotopic (exact) mass is 538 g/mol. The number of hydrogen-bond acceptors (Lipinski definition) is 7. The summed E-state index contributed by atoms with van der Waals surface area (Å²) in [5.74, 6) is -0.869. The summed E-state index contributed by atoms with van der Waals surface area (Å²) in [6.45, 7) is 1.75. The zero-order valence-corrected chi connectivity index (χ0v) is 22.0. The molecule has 12 heteroatoms. The average Bonchev–Trinajstić information content (AvgIpc) is 3.54. The number of aryl methyl sites for hydroxylation is 1. The normalized spacial score (nSPS) is 19.8. The molecule has 4 rings (SSSR count). The first-order chi connectivity index (χ1) is 16.9. The number of carbonyl (C=O) groups excluding carboxylic acids is 2. The summed E-state index contributed by atoms with van der Waals surface area (Å²) < 4.78 is 25.2. The standard InChI is InChI=1S/C24H31ClN4O6S/c1-14(15-4-6-16(25)7-5-15)26-21(32)19-18-10-17(27-22(33)20(18)29(3)28-19)11-24(8-9-24)36(34,35)23(2,12-30)13-31/h4-7,14,17,30-31H,8-13H2,1-3H3,(H,26,32)(H,27,33)/t14-,17?/m0/s1. The number of hydrogen-bond donors (Lipinski definition) is 4. The molecule has 10 nitrogen and oxygen atoms in total. The minimum absolute atomic E-state index is 0.118. The molecule has 36 heavy (non-hydrogen) atoms. The minimum atomic E-state index is -3.92. The highest BCUT2D eigenvalue weighted by Crippen LogP contribution is 2.52. The Kier molecular flexibility index (Phi) is 6.97. The fraction of sp³-hybridized carbons (Fsp3) is 0.542. The number of halogens is 1. The van der Waals surface area contributed by atoms with Crippen LogP contribution in [-0.2, 0) is 23.3 Å². The van der Waals surface area contributed by atoms with E-state index in [0.717, 1.165) is 5.56 Å². The number of carbonyl (C=O) groups is 2. The second kappa shape index (κ2) is 9.44. The van der Waals surface area contributed by atoms with E-state index in [1.54, 1.807) is 19.2 Å². The average molecular weight is 539 g/mol. The van der Waals surface area contributed by atoms with Crippen molar-refractivity contribution in [2.75, 3.05) is 13.2 Å². The fourth-order valence-electron chi connectivity index (χ4n) is 4.92. The summed E-state index contributed by atoms with van der Waals surface area (Å²) in [7, 11) is -2.33. The zero-order valence-electron chi connectivity index (χ0n) is 20.4. The molecule has 4 N–H and O–H groups in total. The molecule has 2 atom stereocenters. The van der Waals surface area contributed by atoms with Crippen LogP contribution in [0.15, 0.2) is 24.3 Å². The smallest absolute Gasteiger partial charge is 0.272 e. The molecule has 0 spiro atoms. The maximum Gasteiger partial charge on any atom is 0.272 e. The van der Waals surface area contributed by atoms with E-state index in [1.165, 1.54) is 11.6 Å². The summed E-state index contributed by atoms with van der Waals surface area (Å²) >= 11 is 5.95. The highest BCUT2D eigenvalue weighted by atomic mass is 35.5. The molecule has 2 aromatic rings. The van der Waals surface area contributed by atoms with Gasteiger partial charge in [-0.05, 0) is 57.2 Å². The lowest BCUT2D eigenvalue weighted by Gasteiger charge is -2.33. The molecule has 1 aromatic heterocycles. The molecule has 1 saturated carbocycles. The predicted octanol–water partition coefficient (Wildman–Crippen LogP) is 1.30. The lowest BCUT2D eigenvalue weighted by atomic mass is 9.94. The van der Waals surface area contributed by atoms with Gasteiger partial charge in [-0.3, -0.25) is 14.3 Å². The maximum atomic E-state index is 13.3. The number of nitrogens with one attached hydrogen (secondary N) is 2. The van der Waals surface area contributed by atoms with E-state index >= 15 is 0 Å². The Morgan fingerprint density at radius 3 is 2.47 bits per heavy atom. The number of fused-ring (bicyclic) bond motifs is 1. The van der Waals surface area contributed by atoms with E-state index in [-0.39, 0.29) is 30.3 Å². The predicted molar refractivity (Wildman–Crippen MR) is 134 cm³/mol. The second-order valence-electron chi connectivity index (χ2n) is 10.1. The van der Waals surface area contributed by atoms with Crippen LogP contribution in [0.2, 0.25) is 5.02 Å². The van der Waals surface area contributed by atoms with Crippen LogP contribution in [0.1, 0.15) is 71.3 Å². The van der Waals surface area contributed by atoms with Crippen molar-refractivity contribution in [2.24, 2.45) is 7.05 Å². The molecule has 0 radical (unpaired) electrons. The van der Waals surface area contributed by atoms with Crippen molar-refractivity contribution >= 4 is 33.3 Å². The van der Waals surface area contributed by atoms with Crippen molar-refractivity contribution in [1.29, 1.82) is 0 Å². The number of benzene rings is 1. The number of nitrogens with zero attached hydrogens (tertiary/aromatic N) is 2. The second-order valence-corrected chi connectivity index (χ2v) is 13.4. The Morgan fingerprint density at radius 1 is 1.31 bits per heavy atom. The highest BCUT2D eigenvalue weighted by molar-refractivity contribution is 7.94. The van der Waals surface area contributed by atoms with E-state index in [4.69, 9.17) is 11.6 Å². The third-order valence-corrected chi connectivity index (χ3v) is 10.9. The van der Waals surface area contributed by atoms with Gasteiger partial charge in [0.15, 0.2) is 15.5 Å². The van der Waals surface area contributed by atoms with Crippen molar-refractivity contribution in [3.05, 3.63) is 51.8 Å². The van der Waals surface area contributed by atoms with Crippen molar-refractivity contribution in [2.45, 2.75) is 61.1 Å². The van der Waals surface area contributed by atoms with Gasteiger partial charge in [0.2, 0.25) is 0 Å². The van der Waals surface area contributed by atoms with Gasteiger partial charge in [-0.2, -0.15) is 5.10 Å². The Morgan fingerprint density at radius 2 is 1.92 bits per heavy atom. The molecular formula is C24H31ClN4O6S. The lowest BCUT2D eigenvalue weighted by Crippen LogP contribution is -2.52. The number of aliphatic hydroxyl groups excluding tert-OH is 2. The van der Waals surface area contributed by atoms with Crippen molar-refractivity contribution in [3.63, 3.8) is 0 Å². The maximum absolute atomic E-state index is 13.3. The zero-order chi connectivity index (χ0) is 26.5. The summed E-state index contributed by atoms with van der Waals surface area (Å²) in [6, 6.07) is 6.21. The fourth-order valence-corrected chi connectivity index (χ4v) is 7.49. The minimum Gasteiger partial charge on any atom is -0.395 e. The van der Waals surface area contributed by atoms with Crippen LogP contribution >= 0.6 is 11.6 Å². The molecule has 1 fully saturated rings. The molecule has 2 heterocycles. The van der Waals surface area contributed by atoms with Gasteiger partial charge in [0.1, 0.15) is 10.4 Å². The van der Waals surface area contributed by atoms with E-state index in [1.807, 2.05) is 19.1 Å². The Labute approximate surface area is 214 Å². The summed E-state index contributed by atoms with van der Waals surface area (Å²) in [6.07, 6.45) is 1.11. The van der Waals surface area contributed by atoms with Crippen LogP contribution in [0, 0.1) is 0 Å². The van der Waals surface area contributed by atoms with Crippen LogP contribution in [-0.4, -0.2) is 69.0 Å². The van der Waals surface area contributed by atoms with Gasteiger partial charge in [-0.25, -0.2) is 8.42 Å². The first-order valence-corrected chi connectivity index (χ1v) is 13.6. The van der Waals surface area contributed by atoms with Gasteiger partial charge in [0.25, 0.3) is 11.8 Å². The van der Waals surface area contributed by atoms with Crippen LogP contribution in [0.25, 0.3) is 0 Å². The summed E-state index contributed by atoms with van der Waals surface area (Å²) in [4.78, 5) is 26.1. The van der Waals surface area contributed by atoms with Crippen LogP contribution in [0.3, 0.4) is 0 Å². The molecule has 2 aliphatic rings. The van der Waals surface area contributed by atoms with E-state index in [0.29, 0.717) is 23.4 Å². The first kappa shape index (κ1) is 26.6. The van der Waals surface area contributed by atoms with Gasteiger partial charge in [0.05, 0.1) is 24.0 Å². The summed E-state index contributed by atoms with van der Waals surface area (Å²) in [5.41, 5.74) is 1.70. The Bertz CT molecular complexity index is 1280. The third kappa shape index (κ3) is 4.42. The number of aromatic nitrogens is 2. The van der Waals surface area contributed by atoms with Gasteiger partial charge in [-0.1, -0.05) is 23.7 Å². The summed E-state index contributed by atoms with van der Waals surface area (Å²) in [5, 5.41) is 30.0. The molecule has 1 unspecified atom stereocenters. The van der Waals surface area contributed by atoms with E-state index < -0.39 is 50.4 Å². The first-order valence-electron chi connectivity index (χ1n) is 11.8. The van der Waals surface area contributed by atoms with E-state index in [2.05, 4.69) is 15.7 Å². The molecular weight excluding hydrogens is 508 g/mol. The van der Waals surface area contributed by atoms with Crippen LogP contribution < -0.4 is 10.6 Å². The third-order valence-electron chi connectivity index (χ3n) is 7.39. The number of aliphatic hydroxyl groups is 2. The van der Waals surface area contributed by atoms with Gasteiger partial charge in [0, 0.05) is 23.7 Å². The SMILES string of the molecule is C[C@H](NC(=O)c1nn(C)c2c1CC(CC1(S(=O)(=O)C(C)(CO)CO)CC1)NC2=O)c1ccc(Cl)cc1. The van der Waals surface area contributed by atoms with Crippen molar-refractivity contribution in [1.82, 2.24) is 20.4 Å². The molecule has 1 aliphatic heterocycles. The largest absolute Gasteiger partial charge is 0.395 e. The highest BCUT2D eigenvalue weighted by Gasteiger charge is 2.61. The van der Waals surface area contributed by atoms with Gasteiger partial charge < -0.3 is 20.8 Å². The molecule has 0 saturated heterocycles. The molecule has 1 aliphatic carbocycles. The quantitative estimate of drug-likeness (QED) is 0.375. The lowest BCUT2D eigenvalue weighted by molar-refractivity contribution is 0.0911. The van der Waals surface area contributed by atoms with Gasteiger partial charge >= 0.3 is 0 Å². The molecule has 0 bridgehead atoms. The van der Waals surface area contributed by atoms with Crippen LogP contribution in [0.5, 0.6) is 0 Å².